The molecule has 0 amide bonds. The Hall–Kier alpha value is -0.830. The second kappa shape index (κ2) is 3.60. The van der Waals surface area contributed by atoms with E-state index >= 15 is 0 Å². The molecule has 0 bridgehead atoms. The van der Waals surface area contributed by atoms with Crippen molar-refractivity contribution >= 4 is 0 Å². The van der Waals surface area contributed by atoms with Crippen LogP contribution in [-0.2, 0) is 6.54 Å². The first kappa shape index (κ1) is 11.0. The quantitative estimate of drug-likeness (QED) is 0.888. The summed E-state index contributed by atoms with van der Waals surface area (Å²) in [6.45, 7) is 6.71. The van der Waals surface area contributed by atoms with Gasteiger partial charge in [0.1, 0.15) is 0 Å². The molecular formula is C15H23N3. The van der Waals surface area contributed by atoms with Gasteiger partial charge in [-0.2, -0.15) is 5.10 Å². The van der Waals surface area contributed by atoms with Crippen LogP contribution in [0.15, 0.2) is 0 Å². The molecule has 1 unspecified atom stereocenters. The smallest absolute Gasteiger partial charge is 0.0794 e. The molecule has 18 heavy (non-hydrogen) atoms. The molecule has 3 fully saturated rings. The maximum absolute atomic E-state index is 4.48. The van der Waals surface area contributed by atoms with E-state index in [-0.39, 0.29) is 0 Å². The second-order valence-corrected chi connectivity index (χ2v) is 6.82. The second-order valence-electron chi connectivity index (χ2n) is 6.82. The lowest BCUT2D eigenvalue weighted by molar-refractivity contribution is -0.140. The Morgan fingerprint density at radius 2 is 2.11 bits per heavy atom. The zero-order valence-corrected chi connectivity index (χ0v) is 11.5. The normalized spacial score (nSPS) is 30.2. The van der Waals surface area contributed by atoms with Crippen LogP contribution >= 0.6 is 0 Å². The number of hydrogen-bond acceptors (Lipinski definition) is 2. The molecule has 1 saturated heterocycles. The summed E-state index contributed by atoms with van der Waals surface area (Å²) in [6, 6.07) is 0.891. The minimum Gasteiger partial charge on any atom is -0.293 e. The van der Waals surface area contributed by atoms with Crippen molar-refractivity contribution in [2.75, 3.05) is 6.54 Å². The minimum absolute atomic E-state index is 0.737. The van der Waals surface area contributed by atoms with Crippen molar-refractivity contribution in [1.82, 2.24) is 15.1 Å². The Morgan fingerprint density at radius 1 is 1.33 bits per heavy atom. The van der Waals surface area contributed by atoms with E-state index in [2.05, 4.69) is 28.9 Å². The van der Waals surface area contributed by atoms with Crippen LogP contribution in [0.2, 0.25) is 0 Å². The molecule has 1 aliphatic heterocycles. The van der Waals surface area contributed by atoms with Crippen LogP contribution in [0.1, 0.15) is 49.1 Å². The number of aromatic amines is 1. The topological polar surface area (TPSA) is 31.9 Å². The van der Waals surface area contributed by atoms with Gasteiger partial charge in [-0.15, -0.1) is 0 Å². The van der Waals surface area contributed by atoms with E-state index in [4.69, 9.17) is 0 Å². The molecule has 1 spiro atoms. The predicted octanol–water partition coefficient (Wildman–Crippen LogP) is 2.79. The lowest BCUT2D eigenvalue weighted by Gasteiger charge is -2.63. The van der Waals surface area contributed by atoms with E-state index < -0.39 is 0 Å². The highest BCUT2D eigenvalue weighted by Gasteiger charge is 2.59. The molecule has 4 rings (SSSR count). The van der Waals surface area contributed by atoms with Crippen LogP contribution < -0.4 is 0 Å². The molecule has 3 heteroatoms. The maximum atomic E-state index is 4.48. The highest BCUT2D eigenvalue weighted by Crippen LogP contribution is 2.59. The summed E-state index contributed by atoms with van der Waals surface area (Å²) in [5.41, 5.74) is 4.60. The molecule has 1 N–H and O–H groups in total. The fraction of sp³-hybridized carbons (Fsp3) is 0.800. The number of H-pyrrole nitrogens is 1. The first-order valence-electron chi connectivity index (χ1n) is 7.44. The van der Waals surface area contributed by atoms with E-state index in [0.717, 1.165) is 23.9 Å². The van der Waals surface area contributed by atoms with Gasteiger partial charge in [0, 0.05) is 24.8 Å². The number of likely N-dealkylation sites (tertiary alicyclic amines) is 1. The SMILES string of the molecule is Cc1[nH]nc(CN2CC3(CCC3)C2C2CC2)c1C. The van der Waals surface area contributed by atoms with Gasteiger partial charge in [-0.25, -0.2) is 0 Å². The van der Waals surface area contributed by atoms with E-state index in [1.807, 2.05) is 0 Å². The Morgan fingerprint density at radius 3 is 2.61 bits per heavy atom. The molecule has 98 valence electrons. The third-order valence-corrected chi connectivity index (χ3v) is 5.66. The van der Waals surface area contributed by atoms with E-state index in [9.17, 15) is 0 Å². The molecule has 2 aliphatic carbocycles. The maximum Gasteiger partial charge on any atom is 0.0794 e. The van der Waals surface area contributed by atoms with Gasteiger partial charge in [-0.3, -0.25) is 10.00 Å². The van der Waals surface area contributed by atoms with Crippen molar-refractivity contribution in [1.29, 1.82) is 0 Å². The van der Waals surface area contributed by atoms with Gasteiger partial charge >= 0.3 is 0 Å². The monoisotopic (exact) mass is 245 g/mol. The van der Waals surface area contributed by atoms with Crippen molar-refractivity contribution in [2.24, 2.45) is 11.3 Å². The number of nitrogens with one attached hydrogen (secondary N) is 1. The Kier molecular flexibility index (Phi) is 2.20. The van der Waals surface area contributed by atoms with E-state index in [0.29, 0.717) is 0 Å². The summed E-state index contributed by atoms with van der Waals surface area (Å²) >= 11 is 0. The number of nitrogens with zero attached hydrogens (tertiary/aromatic N) is 2. The van der Waals surface area contributed by atoms with E-state index in [1.54, 1.807) is 0 Å². The molecular weight excluding hydrogens is 222 g/mol. The third kappa shape index (κ3) is 1.43. The number of hydrogen-bond donors (Lipinski definition) is 1. The van der Waals surface area contributed by atoms with Crippen molar-refractivity contribution in [3.63, 3.8) is 0 Å². The summed E-state index contributed by atoms with van der Waals surface area (Å²) in [7, 11) is 0. The summed E-state index contributed by atoms with van der Waals surface area (Å²) in [5, 5.41) is 7.60. The van der Waals surface area contributed by atoms with Crippen LogP contribution in [-0.4, -0.2) is 27.7 Å². The van der Waals surface area contributed by atoms with Crippen LogP contribution in [0.3, 0.4) is 0 Å². The highest BCUT2D eigenvalue weighted by molar-refractivity contribution is 5.23. The molecule has 0 aromatic carbocycles. The van der Waals surface area contributed by atoms with E-state index in [1.165, 1.54) is 55.6 Å². The van der Waals surface area contributed by atoms with Crippen molar-refractivity contribution in [3.05, 3.63) is 17.0 Å². The van der Waals surface area contributed by atoms with Crippen LogP contribution in [0.4, 0.5) is 0 Å². The molecule has 1 aromatic heterocycles. The number of aromatic nitrogens is 2. The van der Waals surface area contributed by atoms with Crippen molar-refractivity contribution in [2.45, 2.75) is 58.5 Å². The van der Waals surface area contributed by atoms with Crippen LogP contribution in [0, 0.1) is 25.2 Å². The molecule has 3 aliphatic rings. The average Bonchev–Trinajstić information content (AvgIpc) is 3.02. The first-order chi connectivity index (χ1) is 8.70. The summed E-state index contributed by atoms with van der Waals surface area (Å²) < 4.78 is 0. The Balaban J connectivity index is 1.51. The summed E-state index contributed by atoms with van der Waals surface area (Å²) in [4.78, 5) is 2.71. The van der Waals surface area contributed by atoms with Gasteiger partial charge in [0.15, 0.2) is 0 Å². The molecule has 0 radical (unpaired) electrons. The first-order valence-corrected chi connectivity index (χ1v) is 7.44. The summed E-state index contributed by atoms with van der Waals surface area (Å²) in [6.07, 6.45) is 7.40. The van der Waals surface area contributed by atoms with Gasteiger partial charge in [-0.1, -0.05) is 6.42 Å². The molecule has 2 saturated carbocycles. The van der Waals surface area contributed by atoms with Gasteiger partial charge < -0.3 is 0 Å². The van der Waals surface area contributed by atoms with Crippen molar-refractivity contribution < 1.29 is 0 Å². The fourth-order valence-corrected chi connectivity index (χ4v) is 4.20. The zero-order chi connectivity index (χ0) is 12.3. The largest absolute Gasteiger partial charge is 0.293 e. The lowest BCUT2D eigenvalue weighted by atomic mass is 9.56. The lowest BCUT2D eigenvalue weighted by Crippen LogP contribution is -2.67. The molecule has 1 atom stereocenters. The molecule has 3 nitrogen and oxygen atoms in total. The molecule has 1 aromatic rings. The van der Waals surface area contributed by atoms with Crippen molar-refractivity contribution in [3.8, 4) is 0 Å². The van der Waals surface area contributed by atoms with Crippen LogP contribution in [0.25, 0.3) is 0 Å². The minimum atomic E-state index is 0.737. The van der Waals surface area contributed by atoms with Crippen LogP contribution in [0.5, 0.6) is 0 Å². The Bertz CT molecular complexity index is 468. The number of rotatable bonds is 3. The van der Waals surface area contributed by atoms with Gasteiger partial charge in [-0.05, 0) is 56.4 Å². The number of aryl methyl sites for hydroxylation is 1. The third-order valence-electron chi connectivity index (χ3n) is 5.66. The Labute approximate surface area is 109 Å². The molecule has 2 heterocycles. The van der Waals surface area contributed by atoms with Gasteiger partial charge in [0.2, 0.25) is 0 Å². The highest BCUT2D eigenvalue weighted by atomic mass is 15.3. The predicted molar refractivity (Wildman–Crippen MR) is 71.3 cm³/mol. The van der Waals surface area contributed by atoms with Gasteiger partial charge in [0.05, 0.1) is 5.69 Å². The fourth-order valence-electron chi connectivity index (χ4n) is 4.20. The summed E-state index contributed by atoms with van der Waals surface area (Å²) in [5.74, 6) is 1.01. The average molecular weight is 245 g/mol. The standard InChI is InChI=1S/C15H23N3/c1-10-11(2)16-17-13(10)8-18-9-15(6-3-7-15)14(18)12-4-5-12/h12,14H,3-9H2,1-2H3,(H,16,17). The zero-order valence-electron chi connectivity index (χ0n) is 11.5. The van der Waals surface area contributed by atoms with Gasteiger partial charge in [0.25, 0.3) is 0 Å².